The van der Waals surface area contributed by atoms with Crippen LogP contribution in [0.4, 0.5) is 18.9 Å². The fourth-order valence-electron chi connectivity index (χ4n) is 4.87. The lowest BCUT2D eigenvalue weighted by molar-refractivity contribution is -0.138. The number of carboxylic acids is 1. The highest BCUT2D eigenvalue weighted by molar-refractivity contribution is 6.01. The average Bonchev–Trinajstić information content (AvgIpc) is 3.25. The number of hydrogen-bond donors (Lipinski definition) is 2. The Balaban J connectivity index is 0.000000387. The molecule has 0 aromatic heterocycles. The number of benzene rings is 2. The Morgan fingerprint density at radius 1 is 1.08 bits per heavy atom. The van der Waals surface area contributed by atoms with Crippen LogP contribution in [0.25, 0.3) is 0 Å². The van der Waals surface area contributed by atoms with Gasteiger partial charge in [-0.05, 0) is 42.7 Å². The van der Waals surface area contributed by atoms with Crippen molar-refractivity contribution in [3.63, 3.8) is 0 Å². The minimum Gasteiger partial charge on any atom is -0.480 e. The van der Waals surface area contributed by atoms with E-state index in [0.29, 0.717) is 24.0 Å². The van der Waals surface area contributed by atoms with Crippen molar-refractivity contribution < 1.29 is 32.6 Å². The summed E-state index contributed by atoms with van der Waals surface area (Å²) in [6.45, 7) is 1.05. The summed E-state index contributed by atoms with van der Waals surface area (Å²) in [5.41, 5.74) is 2.52. The van der Waals surface area contributed by atoms with Crippen LogP contribution in [-0.4, -0.2) is 48.8 Å². The predicted molar refractivity (Wildman–Crippen MR) is 143 cm³/mol. The second-order valence-corrected chi connectivity index (χ2v) is 9.49. The Morgan fingerprint density at radius 3 is 2.26 bits per heavy atom. The van der Waals surface area contributed by atoms with Gasteiger partial charge in [0, 0.05) is 12.2 Å². The zero-order valence-corrected chi connectivity index (χ0v) is 22.4. The van der Waals surface area contributed by atoms with Crippen LogP contribution >= 0.6 is 0 Å². The van der Waals surface area contributed by atoms with Gasteiger partial charge >= 0.3 is 12.6 Å². The number of anilines is 1. The van der Waals surface area contributed by atoms with Crippen molar-refractivity contribution in [1.29, 1.82) is 0 Å². The summed E-state index contributed by atoms with van der Waals surface area (Å²) < 4.78 is 38.5. The van der Waals surface area contributed by atoms with E-state index in [4.69, 9.17) is 0 Å². The third-order valence-corrected chi connectivity index (χ3v) is 6.88. The summed E-state index contributed by atoms with van der Waals surface area (Å²) >= 11 is 0. The maximum Gasteiger partial charge on any atom is 0.387 e. The lowest BCUT2D eigenvalue weighted by Gasteiger charge is -2.29. The minimum absolute atomic E-state index is 0.00893. The lowest BCUT2D eigenvalue weighted by Crippen LogP contribution is -2.39. The first kappa shape index (κ1) is 31.0. The number of carbonyl (C=O) groups is 2. The number of alkyl halides is 3. The molecule has 9 heteroatoms. The third kappa shape index (κ3) is 9.26. The number of nitrogens with zero attached hydrogens (tertiary/aromatic N) is 1. The van der Waals surface area contributed by atoms with Crippen LogP contribution < -0.4 is 10.1 Å². The number of amides is 1. The second kappa shape index (κ2) is 15.9. The maximum atomic E-state index is 13.0. The van der Waals surface area contributed by atoms with Gasteiger partial charge in [0.05, 0.1) is 18.8 Å². The highest BCUT2D eigenvalue weighted by Gasteiger charge is 2.32. The molecule has 1 heterocycles. The van der Waals surface area contributed by atoms with Crippen LogP contribution in [-0.2, 0) is 4.79 Å². The van der Waals surface area contributed by atoms with Crippen molar-refractivity contribution in [2.45, 2.75) is 71.4 Å². The summed E-state index contributed by atoms with van der Waals surface area (Å²) in [7, 11) is 0.500. The maximum absolute atomic E-state index is 13.0. The smallest absolute Gasteiger partial charge is 0.387 e. The number of ether oxygens (including phenoxy) is 1. The van der Waals surface area contributed by atoms with Crippen LogP contribution in [0.5, 0.6) is 5.75 Å². The van der Waals surface area contributed by atoms with E-state index in [2.05, 4.69) is 17.0 Å². The molecule has 2 aromatic carbocycles. The number of aliphatic carboxylic acids is 1. The van der Waals surface area contributed by atoms with Gasteiger partial charge in [0.2, 0.25) is 0 Å². The molecule has 1 unspecified atom stereocenters. The molecule has 0 spiro atoms. The summed E-state index contributed by atoms with van der Waals surface area (Å²) in [5.74, 6) is -0.473. The number of rotatable bonds is 6. The zero-order chi connectivity index (χ0) is 28.1. The van der Waals surface area contributed by atoms with E-state index >= 15 is 0 Å². The van der Waals surface area contributed by atoms with Gasteiger partial charge in [0.15, 0.2) is 0 Å². The van der Waals surface area contributed by atoms with Crippen LogP contribution in [0.15, 0.2) is 42.5 Å². The first-order valence-electron chi connectivity index (χ1n) is 13.1. The van der Waals surface area contributed by atoms with E-state index in [0.717, 1.165) is 11.5 Å². The van der Waals surface area contributed by atoms with E-state index in [1.54, 1.807) is 24.3 Å². The molecule has 2 N–H and O–H groups in total. The van der Waals surface area contributed by atoms with Crippen LogP contribution in [0.2, 0.25) is 0 Å². The number of halogens is 3. The highest BCUT2D eigenvalue weighted by Crippen LogP contribution is 2.31. The van der Waals surface area contributed by atoms with Crippen molar-refractivity contribution in [3.05, 3.63) is 59.2 Å². The summed E-state index contributed by atoms with van der Waals surface area (Å²) in [6.07, 6.45) is 10.4. The molecule has 1 amide bonds. The van der Waals surface area contributed by atoms with Gasteiger partial charge < -0.3 is 20.1 Å². The Morgan fingerprint density at radius 2 is 1.71 bits per heavy atom. The fraction of sp³-hybridized carbons (Fsp3) is 0.517. The first-order chi connectivity index (χ1) is 18.3. The molecule has 1 saturated carbocycles. The van der Waals surface area contributed by atoms with Gasteiger partial charge in [-0.25, -0.2) is 0 Å². The standard InChI is InChI=1S/C19H18F2N2O4.C9H18.CH3F/c1-11-2-7-15-14(8-11)18(26)23(10-17(24)25)16(9-22-15)12-3-5-13(6-4-12)27-19(20)21;1-2-9-7-5-3-4-6-8-9;1-2/h2-8,16,19,22H,9-10H2,1H3,(H,24,25);9H,2-8H2,1H3;1H3. The van der Waals surface area contributed by atoms with Gasteiger partial charge in [0.1, 0.15) is 12.3 Å². The Labute approximate surface area is 223 Å². The van der Waals surface area contributed by atoms with Gasteiger partial charge in [-0.1, -0.05) is 75.6 Å². The predicted octanol–water partition coefficient (Wildman–Crippen LogP) is 7.24. The van der Waals surface area contributed by atoms with E-state index in [-0.39, 0.29) is 12.3 Å². The molecule has 1 aliphatic carbocycles. The molecule has 0 bridgehead atoms. The molecule has 1 fully saturated rings. The molecule has 210 valence electrons. The fourth-order valence-corrected chi connectivity index (χ4v) is 4.87. The first-order valence-corrected chi connectivity index (χ1v) is 13.1. The van der Waals surface area contributed by atoms with Gasteiger partial charge in [-0.2, -0.15) is 8.78 Å². The monoisotopic (exact) mass is 536 g/mol. The summed E-state index contributed by atoms with van der Waals surface area (Å²) in [4.78, 5) is 25.6. The topological polar surface area (TPSA) is 78.9 Å². The lowest BCUT2D eigenvalue weighted by atomic mass is 9.98. The summed E-state index contributed by atoms with van der Waals surface area (Å²) in [5, 5.41) is 12.4. The van der Waals surface area contributed by atoms with Gasteiger partial charge in [-0.3, -0.25) is 14.0 Å². The molecular formula is C29H39F3N2O4. The largest absolute Gasteiger partial charge is 0.480 e. The van der Waals surface area contributed by atoms with Crippen molar-refractivity contribution >= 4 is 17.6 Å². The molecule has 6 nitrogen and oxygen atoms in total. The molecule has 1 atom stereocenters. The van der Waals surface area contributed by atoms with Crippen LogP contribution in [0.3, 0.4) is 0 Å². The van der Waals surface area contributed by atoms with Crippen LogP contribution in [0.1, 0.15) is 79.4 Å². The molecule has 2 aliphatic rings. The number of hydrogen-bond acceptors (Lipinski definition) is 4. The quantitative estimate of drug-likeness (QED) is 0.381. The van der Waals surface area contributed by atoms with Crippen molar-refractivity contribution in [2.75, 3.05) is 25.6 Å². The van der Waals surface area contributed by atoms with Crippen molar-refractivity contribution in [1.82, 2.24) is 4.90 Å². The molecule has 4 rings (SSSR count). The molecule has 1 aliphatic heterocycles. The van der Waals surface area contributed by atoms with Crippen molar-refractivity contribution in [3.8, 4) is 5.75 Å². The number of aryl methyl sites for hydroxylation is 1. The van der Waals surface area contributed by atoms with E-state index in [1.165, 1.54) is 62.0 Å². The molecule has 38 heavy (non-hydrogen) atoms. The molecule has 2 aromatic rings. The number of nitrogens with one attached hydrogen (secondary N) is 1. The Hall–Kier alpha value is -3.23. The minimum atomic E-state index is -2.93. The third-order valence-electron chi connectivity index (χ3n) is 6.88. The number of carboxylic acid groups (broad SMARTS) is 1. The molecule has 0 radical (unpaired) electrons. The zero-order valence-electron chi connectivity index (χ0n) is 22.4. The van der Waals surface area contributed by atoms with E-state index in [9.17, 15) is 27.9 Å². The second-order valence-electron chi connectivity index (χ2n) is 9.49. The van der Waals surface area contributed by atoms with Gasteiger partial charge in [-0.15, -0.1) is 0 Å². The normalized spacial score (nSPS) is 17.5. The van der Waals surface area contributed by atoms with Gasteiger partial charge in [0.25, 0.3) is 5.91 Å². The average molecular weight is 537 g/mol. The van der Waals surface area contributed by atoms with Crippen molar-refractivity contribution in [2.24, 2.45) is 5.92 Å². The Kier molecular flexibility index (Phi) is 13.0. The number of carbonyl (C=O) groups excluding carboxylic acids is 1. The van der Waals surface area contributed by atoms with E-state index in [1.807, 2.05) is 13.0 Å². The summed E-state index contributed by atoms with van der Waals surface area (Å²) in [6, 6.07) is 10.6. The number of fused-ring (bicyclic) bond motifs is 1. The Bertz CT molecular complexity index is 1010. The highest BCUT2D eigenvalue weighted by atomic mass is 19.3. The molecule has 0 saturated heterocycles. The SMILES string of the molecule is CCC1CCCCCC1.CF.Cc1ccc2c(c1)C(=O)N(CC(=O)O)C(c1ccc(OC(F)F)cc1)CN2. The van der Waals surface area contributed by atoms with E-state index < -0.39 is 31.1 Å². The molecular weight excluding hydrogens is 497 g/mol. The van der Waals surface area contributed by atoms with Crippen LogP contribution in [0, 0.1) is 12.8 Å².